The van der Waals surface area contributed by atoms with Crippen LogP contribution in [0.1, 0.15) is 20.3 Å². The van der Waals surface area contributed by atoms with Gasteiger partial charge in [-0.1, -0.05) is 6.92 Å². The van der Waals surface area contributed by atoms with Crippen LogP contribution in [0.25, 0.3) is 11.0 Å². The first-order chi connectivity index (χ1) is 10.5. The minimum absolute atomic E-state index is 0. The molecule has 2 heterocycles. The second kappa shape index (κ2) is 8.64. The van der Waals surface area contributed by atoms with E-state index in [-0.39, 0.29) is 12.4 Å². The first-order valence-electron chi connectivity index (χ1n) is 7.43. The van der Waals surface area contributed by atoms with Crippen LogP contribution in [0, 0.1) is 0 Å². The van der Waals surface area contributed by atoms with Crippen molar-refractivity contribution in [3.63, 3.8) is 0 Å². The number of aliphatic hydroxyl groups excluding tert-OH is 1. The van der Waals surface area contributed by atoms with Gasteiger partial charge in [-0.3, -0.25) is 0 Å². The van der Waals surface area contributed by atoms with Crippen LogP contribution in [0.2, 0.25) is 0 Å². The van der Waals surface area contributed by atoms with Gasteiger partial charge < -0.3 is 20.6 Å². The number of nitrogens with zero attached hydrogens (tertiary/aromatic N) is 5. The summed E-state index contributed by atoms with van der Waals surface area (Å²) in [6, 6.07) is 0. The maximum atomic E-state index is 9.61. The summed E-state index contributed by atoms with van der Waals surface area (Å²) in [7, 11) is 3.82. The second-order valence-electron chi connectivity index (χ2n) is 5.17. The van der Waals surface area contributed by atoms with Gasteiger partial charge in [-0.05, 0) is 13.3 Å². The van der Waals surface area contributed by atoms with Crippen molar-refractivity contribution in [3.8, 4) is 0 Å². The van der Waals surface area contributed by atoms with E-state index in [1.165, 1.54) is 0 Å². The Hall–Kier alpha value is -1.93. The second-order valence-corrected chi connectivity index (χ2v) is 5.17. The van der Waals surface area contributed by atoms with Crippen LogP contribution >= 0.6 is 12.4 Å². The fraction of sp³-hybridized carbons (Fsp3) is 0.571. The molecule has 0 fully saturated rings. The zero-order chi connectivity index (χ0) is 16.1. The number of hydrogen-bond acceptors (Lipinski definition) is 8. The Morgan fingerprint density at radius 1 is 1.13 bits per heavy atom. The zero-order valence-electron chi connectivity index (χ0n) is 13.9. The molecule has 2 aromatic rings. The first-order valence-corrected chi connectivity index (χ1v) is 7.43. The molecule has 3 N–H and O–H groups in total. The molecule has 0 bridgehead atoms. The van der Waals surface area contributed by atoms with Crippen LogP contribution in [-0.4, -0.2) is 58.3 Å². The minimum Gasteiger partial charge on any atom is -0.391 e. The molecule has 23 heavy (non-hydrogen) atoms. The van der Waals surface area contributed by atoms with Gasteiger partial charge in [-0.15, -0.1) is 12.4 Å². The Balaban J connectivity index is 0.00000264. The van der Waals surface area contributed by atoms with Gasteiger partial charge in [-0.25, -0.2) is 15.0 Å². The van der Waals surface area contributed by atoms with Gasteiger partial charge in [0.2, 0.25) is 11.9 Å². The Kier molecular flexibility index (Phi) is 7.18. The number of halogens is 1. The van der Waals surface area contributed by atoms with Crippen molar-refractivity contribution in [1.29, 1.82) is 0 Å². The van der Waals surface area contributed by atoms with E-state index >= 15 is 0 Å². The van der Waals surface area contributed by atoms with Gasteiger partial charge in [0.05, 0.1) is 12.3 Å². The van der Waals surface area contributed by atoms with Gasteiger partial charge in [0.1, 0.15) is 11.0 Å². The van der Waals surface area contributed by atoms with Crippen LogP contribution in [0.15, 0.2) is 6.20 Å². The van der Waals surface area contributed by atoms with Crippen LogP contribution in [0.5, 0.6) is 0 Å². The topological polar surface area (TPSA) is 99.1 Å². The molecule has 9 heteroatoms. The van der Waals surface area contributed by atoms with Crippen LogP contribution in [0.4, 0.5) is 17.7 Å². The standard InChI is InChI=1S/C14H23N7O.ClH/c1-5-9(22)7-16-13-17-8-10-11(19-13)12(21(3)4)20-14(18-10)15-6-2;/h8-9,22H,5-7H2,1-4H3,(H,15,18,20)(H,16,17,19);1H. The van der Waals surface area contributed by atoms with Crippen molar-refractivity contribution in [3.05, 3.63) is 6.20 Å². The molecule has 0 radical (unpaired) electrons. The maximum absolute atomic E-state index is 9.61. The van der Waals surface area contributed by atoms with Gasteiger partial charge in [0.15, 0.2) is 5.82 Å². The lowest BCUT2D eigenvalue weighted by Gasteiger charge is -2.15. The van der Waals surface area contributed by atoms with E-state index in [2.05, 4.69) is 30.6 Å². The van der Waals surface area contributed by atoms with Crippen LogP contribution < -0.4 is 15.5 Å². The van der Waals surface area contributed by atoms with Crippen molar-refractivity contribution in [2.75, 3.05) is 42.7 Å². The van der Waals surface area contributed by atoms with Gasteiger partial charge in [0.25, 0.3) is 0 Å². The molecule has 0 saturated carbocycles. The van der Waals surface area contributed by atoms with Crippen LogP contribution in [0.3, 0.4) is 0 Å². The number of fused-ring (bicyclic) bond motifs is 1. The molecule has 8 nitrogen and oxygen atoms in total. The van der Waals surface area contributed by atoms with Crippen molar-refractivity contribution in [2.45, 2.75) is 26.4 Å². The average Bonchev–Trinajstić information content (AvgIpc) is 2.51. The lowest BCUT2D eigenvalue weighted by Crippen LogP contribution is -2.20. The Labute approximate surface area is 142 Å². The normalized spacial score (nSPS) is 11.7. The number of aromatic nitrogens is 4. The summed E-state index contributed by atoms with van der Waals surface area (Å²) in [5.74, 6) is 1.75. The summed E-state index contributed by atoms with van der Waals surface area (Å²) in [6.07, 6.45) is 1.93. The molecule has 2 aromatic heterocycles. The number of hydrogen-bond donors (Lipinski definition) is 3. The molecule has 0 aliphatic rings. The summed E-state index contributed by atoms with van der Waals surface area (Å²) in [6.45, 7) is 5.07. The summed E-state index contributed by atoms with van der Waals surface area (Å²) >= 11 is 0. The number of aliphatic hydroxyl groups is 1. The molecule has 2 rings (SSSR count). The largest absolute Gasteiger partial charge is 0.391 e. The lowest BCUT2D eigenvalue weighted by atomic mass is 10.3. The molecule has 0 aliphatic carbocycles. The van der Waals surface area contributed by atoms with Crippen molar-refractivity contribution in [1.82, 2.24) is 19.9 Å². The molecule has 1 unspecified atom stereocenters. The Morgan fingerprint density at radius 2 is 1.87 bits per heavy atom. The molecule has 0 amide bonds. The third kappa shape index (κ3) is 4.77. The molecule has 0 spiro atoms. The van der Waals surface area contributed by atoms with E-state index in [4.69, 9.17) is 0 Å². The van der Waals surface area contributed by atoms with E-state index in [0.717, 1.165) is 12.4 Å². The third-order valence-corrected chi connectivity index (χ3v) is 3.14. The molecule has 1 atom stereocenters. The minimum atomic E-state index is -0.417. The fourth-order valence-corrected chi connectivity index (χ4v) is 1.90. The third-order valence-electron chi connectivity index (χ3n) is 3.14. The predicted octanol–water partition coefficient (Wildman–Crippen LogP) is 1.52. The maximum Gasteiger partial charge on any atom is 0.225 e. The van der Waals surface area contributed by atoms with Crippen molar-refractivity contribution >= 4 is 41.2 Å². The molecule has 128 valence electrons. The van der Waals surface area contributed by atoms with E-state index in [9.17, 15) is 5.11 Å². The van der Waals surface area contributed by atoms with E-state index in [1.54, 1.807) is 6.20 Å². The molecule has 0 saturated heterocycles. The molecule has 0 aromatic carbocycles. The van der Waals surface area contributed by atoms with Crippen molar-refractivity contribution in [2.24, 2.45) is 0 Å². The zero-order valence-corrected chi connectivity index (χ0v) is 14.7. The first kappa shape index (κ1) is 19.1. The van der Waals surface area contributed by atoms with E-state index in [0.29, 0.717) is 35.9 Å². The highest BCUT2D eigenvalue weighted by Gasteiger charge is 2.12. The highest BCUT2D eigenvalue weighted by atomic mass is 35.5. The summed E-state index contributed by atoms with van der Waals surface area (Å²) < 4.78 is 0. The van der Waals surface area contributed by atoms with Gasteiger partial charge in [-0.2, -0.15) is 4.98 Å². The highest BCUT2D eigenvalue weighted by molar-refractivity contribution is 5.86. The number of rotatable bonds is 7. The van der Waals surface area contributed by atoms with E-state index in [1.807, 2.05) is 32.8 Å². The van der Waals surface area contributed by atoms with Gasteiger partial charge >= 0.3 is 0 Å². The van der Waals surface area contributed by atoms with Crippen LogP contribution in [-0.2, 0) is 0 Å². The summed E-state index contributed by atoms with van der Waals surface area (Å²) in [5.41, 5.74) is 1.35. The monoisotopic (exact) mass is 341 g/mol. The highest BCUT2D eigenvalue weighted by Crippen LogP contribution is 2.22. The average molecular weight is 342 g/mol. The van der Waals surface area contributed by atoms with E-state index < -0.39 is 6.10 Å². The molecular formula is C14H24ClN7O. The summed E-state index contributed by atoms with van der Waals surface area (Å²) in [4.78, 5) is 19.5. The number of anilines is 3. The smallest absolute Gasteiger partial charge is 0.225 e. The van der Waals surface area contributed by atoms with Gasteiger partial charge in [0, 0.05) is 27.2 Å². The van der Waals surface area contributed by atoms with Crippen molar-refractivity contribution < 1.29 is 5.11 Å². The molecular weight excluding hydrogens is 318 g/mol. The summed E-state index contributed by atoms with van der Waals surface area (Å²) in [5, 5.41) is 15.7. The number of nitrogens with one attached hydrogen (secondary N) is 2. The fourth-order valence-electron chi connectivity index (χ4n) is 1.90. The Morgan fingerprint density at radius 3 is 2.48 bits per heavy atom. The SMILES string of the molecule is CCNc1nc(N(C)C)c2nc(NCC(O)CC)ncc2n1.Cl. The lowest BCUT2D eigenvalue weighted by molar-refractivity contribution is 0.183. The Bertz CT molecular complexity index is 638. The quantitative estimate of drug-likeness (QED) is 0.697. The molecule has 0 aliphatic heterocycles. The predicted molar refractivity (Wildman–Crippen MR) is 95.7 cm³/mol.